The lowest BCUT2D eigenvalue weighted by atomic mass is 9.97. The third-order valence-electron chi connectivity index (χ3n) is 5.07. The highest BCUT2D eigenvalue weighted by molar-refractivity contribution is 7.18. The minimum atomic E-state index is -0.124. The van der Waals surface area contributed by atoms with Gasteiger partial charge in [0.2, 0.25) is 0 Å². The average Bonchev–Trinajstić information content (AvgIpc) is 2.89. The molecule has 3 rings (SSSR count). The Hall–Kier alpha value is -1.73. The van der Waals surface area contributed by atoms with Crippen molar-refractivity contribution in [2.45, 2.75) is 46.6 Å². The van der Waals surface area contributed by atoms with Gasteiger partial charge in [0.1, 0.15) is 10.7 Å². The van der Waals surface area contributed by atoms with Crippen molar-refractivity contribution in [1.82, 2.24) is 14.9 Å². The zero-order valence-corrected chi connectivity index (χ0v) is 16.0. The number of nitrogens with zero attached hydrogens (tertiary/aromatic N) is 2. The topological polar surface area (TPSA) is 75.3 Å². The molecule has 2 aromatic rings. The van der Waals surface area contributed by atoms with E-state index in [1.54, 1.807) is 11.3 Å². The molecule has 1 aliphatic heterocycles. The molecule has 2 unspecified atom stereocenters. The lowest BCUT2D eigenvalue weighted by molar-refractivity contribution is -0.150. The highest BCUT2D eigenvalue weighted by Crippen LogP contribution is 2.29. The molecule has 25 heavy (non-hydrogen) atoms. The van der Waals surface area contributed by atoms with Gasteiger partial charge in [-0.3, -0.25) is 14.5 Å². The maximum atomic E-state index is 12.5. The average molecular weight is 363 g/mol. The van der Waals surface area contributed by atoms with Gasteiger partial charge in [-0.15, -0.1) is 11.3 Å². The van der Waals surface area contributed by atoms with Crippen LogP contribution in [0.5, 0.6) is 0 Å². The number of esters is 1. The van der Waals surface area contributed by atoms with Gasteiger partial charge in [-0.2, -0.15) is 0 Å². The molecular formula is C18H25N3O3S. The minimum absolute atomic E-state index is 0.0444. The van der Waals surface area contributed by atoms with E-state index in [-0.39, 0.29) is 23.5 Å². The van der Waals surface area contributed by atoms with Crippen LogP contribution < -0.4 is 5.56 Å². The Bertz CT molecular complexity index is 842. The monoisotopic (exact) mass is 363 g/mol. The van der Waals surface area contributed by atoms with Crippen molar-refractivity contribution in [3.8, 4) is 0 Å². The van der Waals surface area contributed by atoms with Gasteiger partial charge in [0.25, 0.3) is 5.56 Å². The summed E-state index contributed by atoms with van der Waals surface area (Å²) in [6.45, 7) is 9.78. The predicted octanol–water partition coefficient (Wildman–Crippen LogP) is 2.94. The summed E-state index contributed by atoms with van der Waals surface area (Å²) in [5, 5.41) is 0.696. The fourth-order valence-electron chi connectivity index (χ4n) is 3.45. The lowest BCUT2D eigenvalue weighted by Gasteiger charge is -2.35. The van der Waals surface area contributed by atoms with Crippen LogP contribution in [0, 0.1) is 19.8 Å². The zero-order valence-electron chi connectivity index (χ0n) is 15.2. The van der Waals surface area contributed by atoms with E-state index in [2.05, 4.69) is 9.88 Å². The number of carbonyl (C=O) groups is 1. The third kappa shape index (κ3) is 3.48. The summed E-state index contributed by atoms with van der Waals surface area (Å²) in [7, 11) is 0. The molecule has 0 saturated carbocycles. The Morgan fingerprint density at radius 3 is 2.96 bits per heavy atom. The number of nitrogens with one attached hydrogen (secondary N) is 1. The fraction of sp³-hybridized carbons (Fsp3) is 0.611. The van der Waals surface area contributed by atoms with Crippen molar-refractivity contribution in [3.63, 3.8) is 0 Å². The van der Waals surface area contributed by atoms with Gasteiger partial charge in [0.05, 0.1) is 24.0 Å². The van der Waals surface area contributed by atoms with Gasteiger partial charge >= 0.3 is 5.97 Å². The van der Waals surface area contributed by atoms with E-state index >= 15 is 0 Å². The van der Waals surface area contributed by atoms with Crippen LogP contribution in [0.4, 0.5) is 0 Å². The van der Waals surface area contributed by atoms with Crippen molar-refractivity contribution in [1.29, 1.82) is 0 Å². The number of piperidine rings is 1. The molecule has 0 amide bonds. The number of H-pyrrole nitrogens is 1. The SMILES string of the molecule is CCOC(=O)C1CCCN(C(C)c2nc3sc(C)c(C)c3c(=O)[nH]2)C1. The number of likely N-dealkylation sites (tertiary alicyclic amines) is 1. The van der Waals surface area contributed by atoms with Gasteiger partial charge < -0.3 is 9.72 Å². The van der Waals surface area contributed by atoms with E-state index in [0.29, 0.717) is 24.4 Å². The van der Waals surface area contributed by atoms with Crippen LogP contribution in [0.1, 0.15) is 49.0 Å². The summed E-state index contributed by atoms with van der Waals surface area (Å²) >= 11 is 1.56. The first-order valence-electron chi connectivity index (χ1n) is 8.83. The standard InChI is InChI=1S/C18H25N3O3S/c1-5-24-18(23)13-7-6-8-21(9-13)11(3)15-19-16(22)14-10(2)12(4)25-17(14)20-15/h11,13H,5-9H2,1-4H3,(H,19,20,22). The Morgan fingerprint density at radius 1 is 1.48 bits per heavy atom. The molecule has 2 aromatic heterocycles. The van der Waals surface area contributed by atoms with Crippen LogP contribution in [-0.4, -0.2) is 40.5 Å². The fourth-order valence-corrected chi connectivity index (χ4v) is 4.49. The lowest BCUT2D eigenvalue weighted by Crippen LogP contribution is -2.41. The molecule has 1 aliphatic rings. The molecule has 1 saturated heterocycles. The zero-order chi connectivity index (χ0) is 18.1. The molecular weight excluding hydrogens is 338 g/mol. The summed E-state index contributed by atoms with van der Waals surface area (Å²) in [6, 6.07) is -0.0444. The Balaban J connectivity index is 1.85. The van der Waals surface area contributed by atoms with Crippen LogP contribution in [0.15, 0.2) is 4.79 Å². The number of aromatic nitrogens is 2. The van der Waals surface area contributed by atoms with E-state index in [1.165, 1.54) is 0 Å². The number of thiophene rings is 1. The third-order valence-corrected chi connectivity index (χ3v) is 6.17. The summed E-state index contributed by atoms with van der Waals surface area (Å²) in [5.41, 5.74) is 0.931. The molecule has 0 radical (unpaired) electrons. The number of aromatic amines is 1. The van der Waals surface area contributed by atoms with E-state index in [1.807, 2.05) is 27.7 Å². The molecule has 0 aliphatic carbocycles. The van der Waals surface area contributed by atoms with Crippen LogP contribution >= 0.6 is 11.3 Å². The van der Waals surface area contributed by atoms with Gasteiger partial charge in [-0.25, -0.2) is 4.98 Å². The number of hydrogen-bond acceptors (Lipinski definition) is 6. The summed E-state index contributed by atoms with van der Waals surface area (Å²) in [6.07, 6.45) is 1.80. The van der Waals surface area contributed by atoms with Gasteiger partial charge in [-0.1, -0.05) is 0 Å². The maximum Gasteiger partial charge on any atom is 0.310 e. The van der Waals surface area contributed by atoms with Crippen molar-refractivity contribution in [2.24, 2.45) is 5.92 Å². The predicted molar refractivity (Wildman–Crippen MR) is 99.1 cm³/mol. The van der Waals surface area contributed by atoms with E-state index in [0.717, 1.165) is 34.7 Å². The second-order valence-corrected chi connectivity index (χ2v) is 7.88. The highest BCUT2D eigenvalue weighted by Gasteiger charge is 2.30. The van der Waals surface area contributed by atoms with E-state index < -0.39 is 0 Å². The largest absolute Gasteiger partial charge is 0.466 e. The molecule has 0 spiro atoms. The quantitative estimate of drug-likeness (QED) is 0.845. The number of carbonyl (C=O) groups excluding carboxylic acids is 1. The molecule has 6 nitrogen and oxygen atoms in total. The van der Waals surface area contributed by atoms with Gasteiger partial charge in [-0.05, 0) is 52.6 Å². The van der Waals surface area contributed by atoms with E-state index in [4.69, 9.17) is 9.72 Å². The molecule has 0 aromatic carbocycles. The molecule has 3 heterocycles. The molecule has 0 bridgehead atoms. The molecule has 2 atom stereocenters. The van der Waals surface area contributed by atoms with Gasteiger partial charge in [0, 0.05) is 11.4 Å². The van der Waals surface area contributed by atoms with Crippen molar-refractivity contribution >= 4 is 27.5 Å². The summed E-state index contributed by atoms with van der Waals surface area (Å²) in [4.78, 5) is 36.3. The Labute approximate surface area is 151 Å². The van der Waals surface area contributed by atoms with Crippen molar-refractivity contribution in [3.05, 3.63) is 26.6 Å². The first-order valence-corrected chi connectivity index (χ1v) is 9.64. The Morgan fingerprint density at radius 2 is 2.24 bits per heavy atom. The minimum Gasteiger partial charge on any atom is -0.466 e. The molecule has 136 valence electrons. The van der Waals surface area contributed by atoms with E-state index in [9.17, 15) is 9.59 Å². The van der Waals surface area contributed by atoms with Crippen LogP contribution in [-0.2, 0) is 9.53 Å². The molecule has 7 heteroatoms. The van der Waals surface area contributed by atoms with Gasteiger partial charge in [0.15, 0.2) is 0 Å². The first-order chi connectivity index (χ1) is 11.9. The summed E-state index contributed by atoms with van der Waals surface area (Å²) < 4.78 is 5.17. The van der Waals surface area contributed by atoms with Crippen LogP contribution in [0.3, 0.4) is 0 Å². The maximum absolute atomic E-state index is 12.5. The van der Waals surface area contributed by atoms with Crippen LogP contribution in [0.2, 0.25) is 0 Å². The summed E-state index contributed by atoms with van der Waals surface area (Å²) in [5.74, 6) is 0.446. The van der Waals surface area contributed by atoms with Crippen LogP contribution in [0.25, 0.3) is 10.2 Å². The van der Waals surface area contributed by atoms with Crippen molar-refractivity contribution in [2.75, 3.05) is 19.7 Å². The number of ether oxygens (including phenoxy) is 1. The molecule has 1 fully saturated rings. The number of fused-ring (bicyclic) bond motifs is 1. The second-order valence-electron chi connectivity index (χ2n) is 6.68. The number of rotatable bonds is 4. The second kappa shape index (κ2) is 7.25. The Kier molecular flexibility index (Phi) is 5.24. The number of aryl methyl sites for hydroxylation is 2. The highest BCUT2D eigenvalue weighted by atomic mass is 32.1. The molecule has 1 N–H and O–H groups in total. The smallest absolute Gasteiger partial charge is 0.310 e. The van der Waals surface area contributed by atoms with Crippen molar-refractivity contribution < 1.29 is 9.53 Å². The first kappa shape index (κ1) is 18.1. The number of hydrogen-bond donors (Lipinski definition) is 1. The normalized spacial score (nSPS) is 19.9.